The van der Waals surface area contributed by atoms with Gasteiger partial charge in [-0.05, 0) is 18.9 Å². The van der Waals surface area contributed by atoms with Gasteiger partial charge in [-0.2, -0.15) is 13.2 Å². The van der Waals surface area contributed by atoms with Crippen molar-refractivity contribution in [2.75, 3.05) is 31.6 Å². The zero-order chi connectivity index (χ0) is 19.9. The van der Waals surface area contributed by atoms with Gasteiger partial charge in [-0.25, -0.2) is 15.0 Å². The van der Waals surface area contributed by atoms with E-state index in [1.807, 2.05) is 6.07 Å². The number of nitrogens with zero attached hydrogens (tertiary/aromatic N) is 5. The quantitative estimate of drug-likeness (QED) is 0.742. The lowest BCUT2D eigenvalue weighted by Gasteiger charge is -2.34. The van der Waals surface area contributed by atoms with Gasteiger partial charge in [0.15, 0.2) is 0 Å². The van der Waals surface area contributed by atoms with Gasteiger partial charge in [0.2, 0.25) is 5.91 Å². The molecule has 0 atom stereocenters. The number of rotatable bonds is 3. The first-order chi connectivity index (χ1) is 13.3. The Labute approximate surface area is 158 Å². The largest absolute Gasteiger partial charge is 0.406 e. The van der Waals surface area contributed by atoms with E-state index >= 15 is 0 Å². The average molecular weight is 392 g/mol. The van der Waals surface area contributed by atoms with Crippen LogP contribution in [0.1, 0.15) is 12.8 Å². The number of aromatic amines is 1. The fourth-order valence-electron chi connectivity index (χ4n) is 3.78. The van der Waals surface area contributed by atoms with Crippen molar-refractivity contribution in [3.8, 4) is 0 Å². The number of hydrogen-bond acceptors (Lipinski definition) is 5. The fraction of sp³-hybridized carbons (Fsp3) is 0.444. The van der Waals surface area contributed by atoms with E-state index in [0.717, 1.165) is 32.7 Å². The molecule has 1 saturated heterocycles. The van der Waals surface area contributed by atoms with E-state index in [1.54, 1.807) is 12.4 Å². The molecule has 0 spiro atoms. The molecule has 10 heteroatoms. The number of anilines is 1. The van der Waals surface area contributed by atoms with E-state index < -0.39 is 24.5 Å². The Balaban J connectivity index is 1.53. The van der Waals surface area contributed by atoms with Gasteiger partial charge in [0.05, 0.1) is 17.1 Å². The Morgan fingerprint density at radius 1 is 1.29 bits per heavy atom. The molecule has 7 nitrogen and oxygen atoms in total. The number of hydrogen-bond donors (Lipinski definition) is 1. The number of pyridine rings is 1. The molecule has 1 aliphatic heterocycles. The Morgan fingerprint density at radius 2 is 2.04 bits per heavy atom. The molecule has 0 saturated carbocycles. The average Bonchev–Trinajstić information content (AvgIpc) is 3.15. The van der Waals surface area contributed by atoms with Crippen molar-refractivity contribution in [3.63, 3.8) is 0 Å². The van der Waals surface area contributed by atoms with Crippen molar-refractivity contribution in [1.29, 1.82) is 0 Å². The van der Waals surface area contributed by atoms with Crippen LogP contribution in [0.15, 0.2) is 24.8 Å². The van der Waals surface area contributed by atoms with Crippen molar-refractivity contribution in [3.05, 3.63) is 24.8 Å². The van der Waals surface area contributed by atoms with Gasteiger partial charge in [0, 0.05) is 37.6 Å². The molecule has 1 aliphatic rings. The summed E-state index contributed by atoms with van der Waals surface area (Å²) in [6, 6.07) is 1.92. The molecular formula is C18H19F3N6O. The first-order valence-electron chi connectivity index (χ1n) is 8.97. The van der Waals surface area contributed by atoms with Crippen LogP contribution in [0.3, 0.4) is 0 Å². The summed E-state index contributed by atoms with van der Waals surface area (Å²) in [7, 11) is 1.20. The van der Waals surface area contributed by atoms with Crippen molar-refractivity contribution < 1.29 is 18.0 Å². The Kier molecular flexibility index (Phi) is 4.56. The number of alkyl halides is 3. The molecule has 0 radical (unpaired) electrons. The molecule has 3 aromatic rings. The van der Waals surface area contributed by atoms with Gasteiger partial charge < -0.3 is 14.8 Å². The molecule has 4 heterocycles. The molecule has 0 aromatic carbocycles. The van der Waals surface area contributed by atoms with E-state index in [2.05, 4.69) is 24.8 Å². The molecule has 0 aliphatic carbocycles. The second-order valence-corrected chi connectivity index (χ2v) is 7.03. The summed E-state index contributed by atoms with van der Waals surface area (Å²) in [5, 5.41) is 1.80. The summed E-state index contributed by atoms with van der Waals surface area (Å²) in [6.07, 6.45) is 1.53. The number of carbonyl (C=O) groups is 1. The second kappa shape index (κ2) is 6.92. The maximum Gasteiger partial charge on any atom is 0.406 e. The molecule has 0 bridgehead atoms. The number of H-pyrrole nitrogens is 1. The molecule has 3 aromatic heterocycles. The van der Waals surface area contributed by atoms with Crippen molar-refractivity contribution in [2.45, 2.75) is 19.0 Å². The first kappa shape index (κ1) is 18.5. The van der Waals surface area contributed by atoms with Gasteiger partial charge in [0.25, 0.3) is 0 Å². The highest BCUT2D eigenvalue weighted by atomic mass is 19.4. The lowest BCUT2D eigenvalue weighted by Crippen LogP contribution is -2.44. The van der Waals surface area contributed by atoms with E-state index in [4.69, 9.17) is 0 Å². The molecular weight excluding hydrogens is 373 g/mol. The Morgan fingerprint density at radius 3 is 2.75 bits per heavy atom. The normalized spacial score (nSPS) is 16.1. The van der Waals surface area contributed by atoms with Crippen molar-refractivity contribution in [2.24, 2.45) is 5.92 Å². The van der Waals surface area contributed by atoms with Crippen LogP contribution in [0.5, 0.6) is 0 Å². The number of amides is 1. The monoisotopic (exact) mass is 392 g/mol. The lowest BCUT2D eigenvalue weighted by atomic mass is 9.95. The summed E-state index contributed by atoms with van der Waals surface area (Å²) in [5.74, 6) is -0.112. The highest BCUT2D eigenvalue weighted by Gasteiger charge is 2.35. The highest BCUT2D eigenvalue weighted by molar-refractivity contribution is 6.08. The van der Waals surface area contributed by atoms with Crippen LogP contribution in [0.4, 0.5) is 19.0 Å². The number of carbonyl (C=O) groups excluding carboxylic acids is 1. The predicted molar refractivity (Wildman–Crippen MR) is 97.8 cm³/mol. The van der Waals surface area contributed by atoms with E-state index in [1.165, 1.54) is 13.4 Å². The topological polar surface area (TPSA) is 78.0 Å². The molecule has 1 fully saturated rings. The fourth-order valence-corrected chi connectivity index (χ4v) is 3.78. The number of fused-ring (bicyclic) bond motifs is 3. The molecule has 1 N–H and O–H groups in total. The number of nitrogens with one attached hydrogen (secondary N) is 1. The zero-order valence-corrected chi connectivity index (χ0v) is 15.2. The molecule has 148 valence electrons. The minimum Gasteiger partial charge on any atom is -0.356 e. The molecule has 0 unspecified atom stereocenters. The van der Waals surface area contributed by atoms with Crippen LogP contribution in [-0.2, 0) is 4.79 Å². The third kappa shape index (κ3) is 3.46. The maximum atomic E-state index is 12.5. The first-order valence-corrected chi connectivity index (χ1v) is 8.97. The number of aromatic nitrogens is 4. The summed E-state index contributed by atoms with van der Waals surface area (Å²) >= 11 is 0. The van der Waals surface area contributed by atoms with Gasteiger partial charge in [-0.15, -0.1) is 0 Å². The van der Waals surface area contributed by atoms with Gasteiger partial charge in [0.1, 0.15) is 24.3 Å². The lowest BCUT2D eigenvalue weighted by molar-refractivity contribution is -0.161. The smallest absolute Gasteiger partial charge is 0.356 e. The Hall–Kier alpha value is -2.91. The number of halogens is 3. The third-order valence-electron chi connectivity index (χ3n) is 5.10. The second-order valence-electron chi connectivity index (χ2n) is 7.03. The maximum absolute atomic E-state index is 12.5. The van der Waals surface area contributed by atoms with Gasteiger partial charge in [-0.3, -0.25) is 4.79 Å². The predicted octanol–water partition coefficient (Wildman–Crippen LogP) is 2.74. The highest BCUT2D eigenvalue weighted by Crippen LogP contribution is 2.32. The van der Waals surface area contributed by atoms with Gasteiger partial charge >= 0.3 is 6.18 Å². The van der Waals surface area contributed by atoms with Crippen LogP contribution in [0, 0.1) is 5.92 Å². The number of piperidine rings is 1. The van der Waals surface area contributed by atoms with Crippen molar-refractivity contribution >= 4 is 33.7 Å². The molecule has 28 heavy (non-hydrogen) atoms. The van der Waals surface area contributed by atoms with Gasteiger partial charge in [-0.1, -0.05) is 0 Å². The van der Waals surface area contributed by atoms with E-state index in [0.29, 0.717) is 25.9 Å². The SMILES string of the molecule is CN(CC(F)(F)F)C(=O)C1CCN(c2ncnc3cnc4[nH]ccc4c23)CC1. The zero-order valence-electron chi connectivity index (χ0n) is 15.2. The molecule has 1 amide bonds. The van der Waals surface area contributed by atoms with Crippen LogP contribution in [0.25, 0.3) is 21.9 Å². The van der Waals surface area contributed by atoms with E-state index in [9.17, 15) is 18.0 Å². The summed E-state index contributed by atoms with van der Waals surface area (Å²) in [4.78, 5) is 31.3. The van der Waals surface area contributed by atoms with E-state index in [-0.39, 0.29) is 0 Å². The minimum absolute atomic E-state index is 0.411. The minimum atomic E-state index is -4.39. The van der Waals surface area contributed by atoms with Crippen LogP contribution >= 0.6 is 0 Å². The summed E-state index contributed by atoms with van der Waals surface area (Å²) in [5.41, 5.74) is 1.46. The van der Waals surface area contributed by atoms with Crippen LogP contribution < -0.4 is 4.90 Å². The third-order valence-corrected chi connectivity index (χ3v) is 5.10. The van der Waals surface area contributed by atoms with Crippen LogP contribution in [0.2, 0.25) is 0 Å². The Bertz CT molecular complexity index is 1010. The van der Waals surface area contributed by atoms with Crippen LogP contribution in [-0.4, -0.2) is 63.6 Å². The molecule has 4 rings (SSSR count). The summed E-state index contributed by atoms with van der Waals surface area (Å²) in [6.45, 7) is -0.145. The van der Waals surface area contributed by atoms with Crippen molar-refractivity contribution in [1.82, 2.24) is 24.8 Å². The summed E-state index contributed by atoms with van der Waals surface area (Å²) < 4.78 is 37.6. The standard InChI is InChI=1S/C18H19F3N6O/c1-26(9-18(19,20)21)17(28)11-3-6-27(7-4-11)16-14-12-2-5-22-15(12)23-8-13(14)24-10-25-16/h2,5,8,10-11H,3-4,6-7,9H2,1H3,(H,22,23).